The summed E-state index contributed by atoms with van der Waals surface area (Å²) in [6, 6.07) is 0. The van der Waals surface area contributed by atoms with Crippen molar-refractivity contribution in [3.05, 3.63) is 64.2 Å². The van der Waals surface area contributed by atoms with E-state index in [4.69, 9.17) is 46.9 Å². The minimum Gasteiger partial charge on any atom is 0 e. The van der Waals surface area contributed by atoms with Crippen molar-refractivity contribution >= 4 is 11.9 Å². The van der Waals surface area contributed by atoms with E-state index < -0.39 is 11.5 Å². The first-order valence-electron chi connectivity index (χ1n) is 9.93. The average molecular weight is 648 g/mol. The van der Waals surface area contributed by atoms with Crippen LogP contribution in [0.25, 0.3) is 0 Å². The summed E-state index contributed by atoms with van der Waals surface area (Å²) in [6.45, 7) is 34.5. The van der Waals surface area contributed by atoms with Crippen molar-refractivity contribution in [1.82, 2.24) is 0 Å². The van der Waals surface area contributed by atoms with E-state index in [1.807, 2.05) is 32.9 Å². The first kappa shape index (κ1) is 53.6. The van der Waals surface area contributed by atoms with Gasteiger partial charge in [0.1, 0.15) is 24.4 Å². The van der Waals surface area contributed by atoms with Gasteiger partial charge in [0.2, 0.25) is 0 Å². The third kappa shape index (κ3) is 28.4. The monoisotopic (exact) mass is 648 g/mol. The second-order valence-corrected chi connectivity index (χ2v) is 7.23. The molecule has 220 valence electrons. The fourth-order valence-corrected chi connectivity index (χ4v) is 2.34. The summed E-state index contributed by atoms with van der Waals surface area (Å²) in [5.41, 5.74) is -0.544. The maximum absolute atomic E-state index is 11.9. The van der Waals surface area contributed by atoms with Crippen LogP contribution < -0.4 is 0 Å². The molecule has 2 radical (unpaired) electrons. The SMILES string of the molecule is CC(=O)O[C@H]1C=CCO[C@@H]1CC#CC1C=C[C@@H](OC(=O)C(C)(C)C)CO1.[C-]#[O+].[C-]#[O+].[C-]#[O+].[C-]#[O+].[C-]#[O+].[C-]#[O+].[Co].[Co]. The van der Waals surface area contributed by atoms with Crippen LogP contribution in [0.5, 0.6) is 0 Å². The second kappa shape index (κ2) is 38.5. The summed E-state index contributed by atoms with van der Waals surface area (Å²) < 4.78 is 66.8. The molecular weight excluding hydrogens is 622 g/mol. The van der Waals surface area contributed by atoms with E-state index in [2.05, 4.69) is 51.7 Å². The predicted molar refractivity (Wildman–Crippen MR) is 119 cm³/mol. The zero-order valence-electron chi connectivity index (χ0n) is 21.8. The maximum Gasteiger partial charge on any atom is 0 e. The Morgan fingerprint density at radius 1 is 0.850 bits per heavy atom. The molecule has 2 rings (SSSR count). The van der Waals surface area contributed by atoms with Crippen molar-refractivity contribution in [1.29, 1.82) is 0 Å². The van der Waals surface area contributed by atoms with Gasteiger partial charge < -0.3 is 18.9 Å². The predicted octanol–water partition coefficient (Wildman–Crippen LogP) is 1.95. The van der Waals surface area contributed by atoms with Crippen molar-refractivity contribution in [3.8, 4) is 11.8 Å². The van der Waals surface area contributed by atoms with Gasteiger partial charge in [-0.25, -0.2) is 0 Å². The second-order valence-electron chi connectivity index (χ2n) is 7.23. The van der Waals surface area contributed by atoms with Crippen LogP contribution in [0.3, 0.4) is 0 Å². The van der Waals surface area contributed by atoms with Gasteiger partial charge in [-0.3, -0.25) is 9.59 Å². The van der Waals surface area contributed by atoms with Crippen LogP contribution in [0.2, 0.25) is 0 Å². The molecule has 0 saturated carbocycles. The van der Waals surface area contributed by atoms with Crippen LogP contribution >= 0.6 is 0 Å². The summed E-state index contributed by atoms with van der Waals surface area (Å²) in [4.78, 5) is 23.0. The minimum atomic E-state index is -0.544. The molecule has 12 nitrogen and oxygen atoms in total. The van der Waals surface area contributed by atoms with Crippen LogP contribution in [0.1, 0.15) is 34.1 Å². The Morgan fingerprint density at radius 2 is 1.35 bits per heavy atom. The number of carbonyl (C=O) groups excluding carboxylic acids is 2. The van der Waals surface area contributed by atoms with Gasteiger partial charge in [-0.15, -0.1) is 0 Å². The molecule has 2 heterocycles. The van der Waals surface area contributed by atoms with Gasteiger partial charge in [0.05, 0.1) is 18.6 Å². The molecule has 0 bridgehead atoms. The molecule has 4 atom stereocenters. The summed E-state index contributed by atoms with van der Waals surface area (Å²) in [5, 5.41) is 0. The Morgan fingerprint density at radius 3 is 1.75 bits per heavy atom. The van der Waals surface area contributed by atoms with E-state index in [1.54, 1.807) is 12.2 Å². The van der Waals surface area contributed by atoms with E-state index >= 15 is 0 Å². The molecule has 0 fully saturated rings. The van der Waals surface area contributed by atoms with E-state index in [0.717, 1.165) is 0 Å². The Kier molecular flexibility index (Phi) is 51.6. The Hall–Kier alpha value is -2.65. The number of esters is 2. The van der Waals surface area contributed by atoms with Crippen molar-refractivity contribution in [2.45, 2.75) is 58.5 Å². The normalized spacial score (nSPS) is 18.5. The first-order chi connectivity index (χ1) is 18.3. The topological polar surface area (TPSA) is 190 Å². The summed E-state index contributed by atoms with van der Waals surface area (Å²) in [7, 11) is 0. The Bertz CT molecular complexity index is 850. The summed E-state index contributed by atoms with van der Waals surface area (Å²) in [5.74, 6) is 5.41. The molecule has 0 aromatic heterocycles. The number of hydrogen-bond donors (Lipinski definition) is 0. The van der Waals surface area contributed by atoms with E-state index in [0.29, 0.717) is 13.0 Å². The van der Waals surface area contributed by atoms with Crippen molar-refractivity contribution in [2.24, 2.45) is 5.41 Å². The van der Waals surface area contributed by atoms with Gasteiger partial charge in [-0.1, -0.05) is 17.9 Å². The van der Waals surface area contributed by atoms with Gasteiger partial charge in [-0.2, -0.15) is 0 Å². The molecule has 0 aromatic rings. The minimum absolute atomic E-state index is 0. The Labute approximate surface area is 254 Å². The molecule has 0 saturated heterocycles. The van der Waals surface area contributed by atoms with Crippen LogP contribution in [0.4, 0.5) is 0 Å². The maximum atomic E-state index is 11.9. The Balaban J connectivity index is -0.000000138. The van der Waals surface area contributed by atoms with E-state index in [1.165, 1.54) is 6.92 Å². The van der Waals surface area contributed by atoms with Crippen LogP contribution in [0.15, 0.2) is 24.3 Å². The van der Waals surface area contributed by atoms with Gasteiger partial charge in [0, 0.05) is 46.9 Å². The number of hydrogen-bond acceptors (Lipinski definition) is 6. The molecule has 2 aliphatic rings. The van der Waals surface area contributed by atoms with Crippen LogP contribution in [-0.2, 0) is 90.0 Å². The zero-order valence-corrected chi connectivity index (χ0v) is 23.9. The fraction of sp³-hybridized carbons (Fsp3) is 0.462. The quantitative estimate of drug-likeness (QED) is 0.148. The molecular formula is C26H26Co2O12. The van der Waals surface area contributed by atoms with Crippen molar-refractivity contribution in [3.63, 3.8) is 0 Å². The van der Waals surface area contributed by atoms with E-state index in [-0.39, 0.29) is 70.4 Å². The van der Waals surface area contributed by atoms with Crippen LogP contribution in [0, 0.1) is 57.2 Å². The molecule has 2 aliphatic heterocycles. The molecule has 40 heavy (non-hydrogen) atoms. The third-order valence-electron chi connectivity index (χ3n) is 3.76. The molecule has 0 aromatic carbocycles. The first-order valence-corrected chi connectivity index (χ1v) is 9.93. The summed E-state index contributed by atoms with van der Waals surface area (Å²) >= 11 is 0. The average Bonchev–Trinajstić information content (AvgIpc) is 2.96. The largest absolute Gasteiger partial charge is 0 e. The molecule has 0 amide bonds. The van der Waals surface area contributed by atoms with Crippen molar-refractivity contribution in [2.75, 3.05) is 13.2 Å². The molecule has 0 N–H and O–H groups in total. The third-order valence-corrected chi connectivity index (χ3v) is 3.76. The smallest absolute Gasteiger partial charge is 0 e. The van der Waals surface area contributed by atoms with Gasteiger partial charge in [-0.05, 0) is 39.0 Å². The number of ether oxygens (including phenoxy) is 4. The number of carbonyl (C=O) groups is 2. The van der Waals surface area contributed by atoms with Crippen molar-refractivity contribution < 1.29 is 90.0 Å². The van der Waals surface area contributed by atoms with Gasteiger partial charge >= 0.3 is 79.8 Å². The zero-order chi connectivity index (χ0) is 31.2. The standard InChI is InChI=1S/C20H26O6.6CO.2Co/c1-14(21)25-18-9-6-12-23-17(18)8-5-7-15-10-11-16(13-24-15)26-19(22)20(2,3)4;6*1-2;;/h6,9-11,15-18H,8,12-13H2,1-4H3;;;;;;;;/t15?,16-,17-,18+;;;;;;;;/m1......../s1. The summed E-state index contributed by atoms with van der Waals surface area (Å²) in [6.07, 6.45) is 6.20. The fourth-order valence-electron chi connectivity index (χ4n) is 2.34. The van der Waals surface area contributed by atoms with E-state index in [9.17, 15) is 9.59 Å². The van der Waals surface area contributed by atoms with Gasteiger partial charge in [0.25, 0.3) is 0 Å². The molecule has 14 heteroatoms. The molecule has 1 unspecified atom stereocenters. The molecule has 0 spiro atoms. The van der Waals surface area contributed by atoms with Gasteiger partial charge in [0.15, 0.2) is 0 Å². The number of rotatable bonds is 3. The van der Waals surface area contributed by atoms with Crippen LogP contribution in [-0.4, -0.2) is 49.6 Å². The molecule has 0 aliphatic carbocycles.